The van der Waals surface area contributed by atoms with E-state index in [1.807, 2.05) is 0 Å². The van der Waals surface area contributed by atoms with E-state index in [2.05, 4.69) is 0 Å². The smallest absolute Gasteiger partial charge is 0.266 e. The van der Waals surface area contributed by atoms with Crippen molar-refractivity contribution in [3.8, 4) is 0 Å². The van der Waals surface area contributed by atoms with E-state index in [-0.39, 0.29) is 10.9 Å². The average molecular weight is 208 g/mol. The summed E-state index contributed by atoms with van der Waals surface area (Å²) in [5.74, 6) is -0.147. The second-order valence-electron chi connectivity index (χ2n) is 2.81. The van der Waals surface area contributed by atoms with Gasteiger partial charge >= 0.3 is 0 Å². The highest BCUT2D eigenvalue weighted by atomic mass is 35.5. The molecule has 1 rings (SSSR count). The molecular weight excluding hydrogens is 197 g/mol. The molecule has 0 bridgehead atoms. The van der Waals surface area contributed by atoms with Crippen molar-refractivity contribution in [3.63, 3.8) is 0 Å². The van der Waals surface area contributed by atoms with Crippen molar-refractivity contribution in [2.24, 2.45) is 0 Å². The van der Waals surface area contributed by atoms with Gasteiger partial charge in [-0.05, 0) is 19.3 Å². The van der Waals surface area contributed by atoms with Crippen LogP contribution in [0.4, 0.5) is 0 Å². The lowest BCUT2D eigenvalue weighted by atomic mass is 10.1. The first-order valence-electron chi connectivity index (χ1n) is 4.01. The van der Waals surface area contributed by atoms with Crippen LogP contribution in [0.5, 0.6) is 0 Å². The summed E-state index contributed by atoms with van der Waals surface area (Å²) in [6, 6.07) is 0. The average Bonchev–Trinajstić information content (AvgIpc) is 2.17. The number of nitrogens with zero attached hydrogens (tertiary/aromatic N) is 1. The number of amides is 1. The molecule has 0 atom stereocenters. The van der Waals surface area contributed by atoms with Gasteiger partial charge in [-0.1, -0.05) is 23.2 Å². The van der Waals surface area contributed by atoms with Gasteiger partial charge in [-0.15, -0.1) is 0 Å². The fourth-order valence-corrected chi connectivity index (χ4v) is 1.51. The summed E-state index contributed by atoms with van der Waals surface area (Å²) in [5, 5.41) is 0.110. The van der Waals surface area contributed by atoms with Gasteiger partial charge in [0.25, 0.3) is 5.91 Å². The number of carbonyl (C=O) groups excluding carboxylic acids is 1. The van der Waals surface area contributed by atoms with Crippen LogP contribution in [0.1, 0.15) is 19.3 Å². The minimum atomic E-state index is -0.147. The van der Waals surface area contributed by atoms with Gasteiger partial charge in [-0.25, -0.2) is 0 Å². The molecular formula is C8H11Cl2NO. The predicted molar refractivity (Wildman–Crippen MR) is 50.2 cm³/mol. The van der Waals surface area contributed by atoms with E-state index in [4.69, 9.17) is 23.2 Å². The molecule has 1 amide bonds. The predicted octanol–water partition coefficient (Wildman–Crippen LogP) is 2.32. The van der Waals surface area contributed by atoms with Crippen molar-refractivity contribution in [2.75, 3.05) is 13.1 Å². The van der Waals surface area contributed by atoms with Crippen molar-refractivity contribution in [3.05, 3.63) is 10.6 Å². The summed E-state index contributed by atoms with van der Waals surface area (Å²) in [6.45, 7) is 1.61. The zero-order valence-electron chi connectivity index (χ0n) is 6.72. The summed E-state index contributed by atoms with van der Waals surface area (Å²) in [4.78, 5) is 13.1. The molecule has 0 aromatic heterocycles. The first-order chi connectivity index (χ1) is 5.75. The van der Waals surface area contributed by atoms with Crippen LogP contribution in [0.25, 0.3) is 0 Å². The van der Waals surface area contributed by atoms with Crippen LogP contribution in [0.3, 0.4) is 0 Å². The minimum absolute atomic E-state index is 0.110. The molecule has 0 aromatic rings. The fraction of sp³-hybridized carbons (Fsp3) is 0.625. The largest absolute Gasteiger partial charge is 0.338 e. The van der Waals surface area contributed by atoms with E-state index >= 15 is 0 Å². The molecule has 0 saturated carbocycles. The Morgan fingerprint density at radius 3 is 2.33 bits per heavy atom. The van der Waals surface area contributed by atoms with Gasteiger partial charge in [0.2, 0.25) is 0 Å². The number of hydrogen-bond acceptors (Lipinski definition) is 1. The second-order valence-corrected chi connectivity index (χ2v) is 3.44. The van der Waals surface area contributed by atoms with E-state index in [9.17, 15) is 4.79 Å². The second kappa shape index (κ2) is 4.73. The van der Waals surface area contributed by atoms with Crippen LogP contribution in [-0.2, 0) is 4.79 Å². The van der Waals surface area contributed by atoms with Crippen LogP contribution in [0, 0.1) is 0 Å². The summed E-state index contributed by atoms with van der Waals surface area (Å²) < 4.78 is 0. The molecule has 1 heterocycles. The molecule has 0 N–H and O–H groups in total. The number of rotatable bonds is 1. The van der Waals surface area contributed by atoms with Crippen molar-refractivity contribution >= 4 is 29.1 Å². The third-order valence-electron chi connectivity index (χ3n) is 1.94. The molecule has 0 aromatic carbocycles. The Bertz CT molecular complexity index is 197. The lowest BCUT2D eigenvalue weighted by molar-refractivity contribution is -0.127. The monoisotopic (exact) mass is 207 g/mol. The summed E-state index contributed by atoms with van der Waals surface area (Å²) in [7, 11) is 0. The van der Waals surface area contributed by atoms with Gasteiger partial charge in [0.05, 0.1) is 0 Å². The number of piperidine rings is 1. The zero-order chi connectivity index (χ0) is 8.97. The van der Waals surface area contributed by atoms with Crippen LogP contribution in [0.15, 0.2) is 10.6 Å². The molecule has 2 nitrogen and oxygen atoms in total. The number of carbonyl (C=O) groups is 1. The third-order valence-corrected chi connectivity index (χ3v) is 2.54. The Labute approximate surface area is 82.1 Å². The maximum Gasteiger partial charge on any atom is 0.266 e. The molecule has 1 saturated heterocycles. The van der Waals surface area contributed by atoms with Crippen molar-refractivity contribution < 1.29 is 4.79 Å². The third kappa shape index (κ3) is 2.39. The molecule has 1 aliphatic rings. The maximum absolute atomic E-state index is 11.4. The van der Waals surface area contributed by atoms with E-state index in [0.29, 0.717) is 0 Å². The Balaban J connectivity index is 2.51. The quantitative estimate of drug-likeness (QED) is 0.605. The topological polar surface area (TPSA) is 20.3 Å². The summed E-state index contributed by atoms with van der Waals surface area (Å²) >= 11 is 10.9. The van der Waals surface area contributed by atoms with Crippen molar-refractivity contribution in [1.82, 2.24) is 4.90 Å². The molecule has 1 fully saturated rings. The van der Waals surface area contributed by atoms with Gasteiger partial charge in [0, 0.05) is 18.6 Å². The Kier molecular flexibility index (Phi) is 3.89. The molecule has 1 aliphatic heterocycles. The minimum Gasteiger partial charge on any atom is -0.338 e. The van der Waals surface area contributed by atoms with E-state index in [0.717, 1.165) is 31.5 Å². The highest BCUT2D eigenvalue weighted by Gasteiger charge is 2.18. The van der Waals surface area contributed by atoms with Crippen LogP contribution < -0.4 is 0 Å². The first-order valence-corrected chi connectivity index (χ1v) is 4.82. The highest BCUT2D eigenvalue weighted by Crippen LogP contribution is 2.14. The first kappa shape index (κ1) is 9.87. The van der Waals surface area contributed by atoms with Crippen LogP contribution >= 0.6 is 23.2 Å². The lowest BCUT2D eigenvalue weighted by Crippen LogP contribution is -2.35. The van der Waals surface area contributed by atoms with E-state index < -0.39 is 0 Å². The zero-order valence-corrected chi connectivity index (χ0v) is 8.24. The number of likely N-dealkylation sites (tertiary alicyclic amines) is 1. The standard InChI is InChI=1S/C8H11Cl2NO/c9-6-7(10)8(12)11-4-2-1-3-5-11/h6H,1-5H2. The summed E-state index contributed by atoms with van der Waals surface area (Å²) in [5.41, 5.74) is 1.12. The molecule has 0 aliphatic carbocycles. The van der Waals surface area contributed by atoms with Crippen molar-refractivity contribution in [2.45, 2.75) is 19.3 Å². The molecule has 0 radical (unpaired) electrons. The Morgan fingerprint density at radius 1 is 1.25 bits per heavy atom. The van der Waals surface area contributed by atoms with Gasteiger partial charge in [-0.2, -0.15) is 0 Å². The Morgan fingerprint density at radius 2 is 1.83 bits per heavy atom. The van der Waals surface area contributed by atoms with Crippen LogP contribution in [0.2, 0.25) is 0 Å². The van der Waals surface area contributed by atoms with Gasteiger partial charge in [0.1, 0.15) is 5.03 Å². The van der Waals surface area contributed by atoms with Crippen LogP contribution in [-0.4, -0.2) is 23.9 Å². The van der Waals surface area contributed by atoms with E-state index in [1.165, 1.54) is 6.42 Å². The summed E-state index contributed by atoms with van der Waals surface area (Å²) in [6.07, 6.45) is 3.34. The number of halogens is 2. The molecule has 0 unspecified atom stereocenters. The fourth-order valence-electron chi connectivity index (χ4n) is 1.29. The van der Waals surface area contributed by atoms with Crippen molar-refractivity contribution in [1.29, 1.82) is 0 Å². The van der Waals surface area contributed by atoms with E-state index in [1.54, 1.807) is 4.90 Å². The van der Waals surface area contributed by atoms with Gasteiger partial charge in [-0.3, -0.25) is 4.79 Å². The number of hydrogen-bond donors (Lipinski definition) is 0. The van der Waals surface area contributed by atoms with Gasteiger partial charge in [0.15, 0.2) is 0 Å². The highest BCUT2D eigenvalue weighted by molar-refractivity contribution is 6.46. The maximum atomic E-state index is 11.4. The molecule has 4 heteroatoms. The SMILES string of the molecule is O=C(C(Cl)=CCl)N1CCCCC1. The molecule has 68 valence electrons. The Hall–Kier alpha value is -0.210. The normalized spacial score (nSPS) is 19.5. The molecule has 0 spiro atoms. The van der Waals surface area contributed by atoms with Gasteiger partial charge < -0.3 is 4.90 Å². The molecule has 12 heavy (non-hydrogen) atoms. The lowest BCUT2D eigenvalue weighted by Gasteiger charge is -2.26.